The van der Waals surface area contributed by atoms with Crippen molar-refractivity contribution in [2.75, 3.05) is 13.7 Å². The molecule has 1 saturated carbocycles. The Morgan fingerprint density at radius 3 is 2.90 bits per heavy atom. The molecule has 1 atom stereocenters. The number of fused-ring (bicyclic) bond motifs is 1. The van der Waals surface area contributed by atoms with Crippen molar-refractivity contribution in [3.05, 3.63) is 28.8 Å². The lowest BCUT2D eigenvalue weighted by Crippen LogP contribution is -2.18. The maximum absolute atomic E-state index is 5.87. The highest BCUT2D eigenvalue weighted by molar-refractivity contribution is 5.64. The Kier molecular flexibility index (Phi) is 4.20. The first-order valence-electron chi connectivity index (χ1n) is 8.00. The fourth-order valence-electron chi connectivity index (χ4n) is 2.81. The highest BCUT2D eigenvalue weighted by Crippen LogP contribution is 2.36. The van der Waals surface area contributed by atoms with Crippen molar-refractivity contribution < 1.29 is 9.47 Å². The molecule has 1 unspecified atom stereocenters. The van der Waals surface area contributed by atoms with Crippen molar-refractivity contribution in [3.63, 3.8) is 0 Å². The predicted molar refractivity (Wildman–Crippen MR) is 86.1 cm³/mol. The summed E-state index contributed by atoms with van der Waals surface area (Å²) in [5.74, 6) is 1.96. The number of rotatable bonds is 6. The van der Waals surface area contributed by atoms with Gasteiger partial charge in [0, 0.05) is 30.1 Å². The van der Waals surface area contributed by atoms with Crippen molar-refractivity contribution in [2.45, 2.75) is 51.7 Å². The van der Waals surface area contributed by atoms with Crippen LogP contribution in [-0.4, -0.2) is 25.8 Å². The molecule has 114 valence electrons. The zero-order chi connectivity index (χ0) is 14.8. The molecule has 1 aliphatic heterocycles. The van der Waals surface area contributed by atoms with Crippen molar-refractivity contribution in [2.24, 2.45) is 0 Å². The van der Waals surface area contributed by atoms with Gasteiger partial charge in [0.2, 0.25) is 0 Å². The van der Waals surface area contributed by atoms with E-state index in [0.717, 1.165) is 42.5 Å². The first kappa shape index (κ1) is 14.5. The lowest BCUT2D eigenvalue weighted by Gasteiger charge is -2.11. The lowest BCUT2D eigenvalue weighted by molar-refractivity contribution is 0.254. The van der Waals surface area contributed by atoms with Gasteiger partial charge >= 0.3 is 0 Å². The van der Waals surface area contributed by atoms with Gasteiger partial charge in [-0.05, 0) is 38.3 Å². The Balaban J connectivity index is 1.83. The van der Waals surface area contributed by atoms with Gasteiger partial charge < -0.3 is 14.8 Å². The SMILES string of the molecule is CC/C(=C/c1cc2c(cc1OC)CC(C)O2)CNC1CC1. The van der Waals surface area contributed by atoms with E-state index in [-0.39, 0.29) is 6.10 Å². The van der Waals surface area contributed by atoms with Crippen molar-refractivity contribution >= 4 is 6.08 Å². The molecule has 1 aromatic rings. The smallest absolute Gasteiger partial charge is 0.126 e. The maximum atomic E-state index is 5.87. The van der Waals surface area contributed by atoms with Gasteiger partial charge in [0.25, 0.3) is 0 Å². The molecule has 0 saturated heterocycles. The third kappa shape index (κ3) is 3.41. The van der Waals surface area contributed by atoms with Gasteiger partial charge in [0.05, 0.1) is 7.11 Å². The summed E-state index contributed by atoms with van der Waals surface area (Å²) in [6, 6.07) is 5.00. The first-order valence-corrected chi connectivity index (χ1v) is 8.00. The minimum atomic E-state index is 0.270. The van der Waals surface area contributed by atoms with Crippen LogP contribution >= 0.6 is 0 Å². The molecule has 0 aromatic heterocycles. The van der Waals surface area contributed by atoms with Crippen molar-refractivity contribution in [1.82, 2.24) is 5.32 Å². The molecule has 1 aliphatic carbocycles. The summed E-state index contributed by atoms with van der Waals surface area (Å²) in [4.78, 5) is 0. The zero-order valence-electron chi connectivity index (χ0n) is 13.2. The normalized spacial score (nSPS) is 21.1. The van der Waals surface area contributed by atoms with Crippen LogP contribution in [0.5, 0.6) is 11.5 Å². The number of hydrogen-bond donors (Lipinski definition) is 1. The van der Waals surface area contributed by atoms with Crippen LogP contribution in [0.3, 0.4) is 0 Å². The molecule has 0 bridgehead atoms. The summed E-state index contributed by atoms with van der Waals surface area (Å²) in [5.41, 5.74) is 3.79. The molecule has 0 amide bonds. The van der Waals surface area contributed by atoms with Crippen molar-refractivity contribution in [1.29, 1.82) is 0 Å². The summed E-state index contributed by atoms with van der Waals surface area (Å²) < 4.78 is 11.4. The van der Waals surface area contributed by atoms with E-state index in [2.05, 4.69) is 37.4 Å². The molecule has 3 nitrogen and oxygen atoms in total. The van der Waals surface area contributed by atoms with Crippen molar-refractivity contribution in [3.8, 4) is 11.5 Å². The van der Waals surface area contributed by atoms with Crippen LogP contribution in [0.25, 0.3) is 6.08 Å². The minimum Gasteiger partial charge on any atom is -0.496 e. The van der Waals surface area contributed by atoms with Gasteiger partial charge in [-0.2, -0.15) is 0 Å². The fraction of sp³-hybridized carbons (Fsp3) is 0.556. The van der Waals surface area contributed by atoms with Crippen LogP contribution in [0.15, 0.2) is 17.7 Å². The van der Waals surface area contributed by atoms with Gasteiger partial charge in [0.1, 0.15) is 17.6 Å². The number of nitrogens with one attached hydrogen (secondary N) is 1. The molecule has 1 heterocycles. The number of ether oxygens (including phenoxy) is 2. The van der Waals surface area contributed by atoms with E-state index in [9.17, 15) is 0 Å². The van der Waals surface area contributed by atoms with E-state index >= 15 is 0 Å². The molecule has 2 aliphatic rings. The topological polar surface area (TPSA) is 30.5 Å². The van der Waals surface area contributed by atoms with E-state index in [1.807, 2.05) is 0 Å². The van der Waals surface area contributed by atoms with E-state index < -0.39 is 0 Å². The van der Waals surface area contributed by atoms with E-state index in [1.165, 1.54) is 24.0 Å². The highest BCUT2D eigenvalue weighted by Gasteiger charge is 2.22. The molecule has 0 spiro atoms. The van der Waals surface area contributed by atoms with E-state index in [4.69, 9.17) is 9.47 Å². The summed E-state index contributed by atoms with van der Waals surface area (Å²) in [6.07, 6.45) is 7.19. The second kappa shape index (κ2) is 6.10. The lowest BCUT2D eigenvalue weighted by atomic mass is 10.0. The van der Waals surface area contributed by atoms with E-state index in [1.54, 1.807) is 7.11 Å². The molecule has 1 aromatic carbocycles. The van der Waals surface area contributed by atoms with Crippen LogP contribution in [-0.2, 0) is 6.42 Å². The van der Waals surface area contributed by atoms with Gasteiger partial charge in [-0.1, -0.05) is 18.6 Å². The van der Waals surface area contributed by atoms with Gasteiger partial charge in [-0.3, -0.25) is 0 Å². The molecule has 21 heavy (non-hydrogen) atoms. The minimum absolute atomic E-state index is 0.270. The summed E-state index contributed by atoms with van der Waals surface area (Å²) >= 11 is 0. The van der Waals surface area contributed by atoms with Crippen LogP contribution in [0.1, 0.15) is 44.2 Å². The summed E-state index contributed by atoms with van der Waals surface area (Å²) in [6.45, 7) is 5.29. The summed E-state index contributed by atoms with van der Waals surface area (Å²) in [5, 5.41) is 3.58. The zero-order valence-corrected chi connectivity index (χ0v) is 13.2. The number of hydrogen-bond acceptors (Lipinski definition) is 3. The second-order valence-electron chi connectivity index (χ2n) is 6.15. The van der Waals surface area contributed by atoms with E-state index in [0.29, 0.717) is 0 Å². The molecular formula is C18H25NO2. The third-order valence-electron chi connectivity index (χ3n) is 4.26. The molecule has 0 radical (unpaired) electrons. The van der Waals surface area contributed by atoms with Gasteiger partial charge in [-0.25, -0.2) is 0 Å². The maximum Gasteiger partial charge on any atom is 0.126 e. The Bertz CT molecular complexity index is 546. The Morgan fingerprint density at radius 1 is 1.43 bits per heavy atom. The first-order chi connectivity index (χ1) is 10.2. The van der Waals surface area contributed by atoms with Crippen LogP contribution in [0.4, 0.5) is 0 Å². The predicted octanol–water partition coefficient (Wildman–Crippen LogP) is 3.56. The Labute approximate surface area is 127 Å². The summed E-state index contributed by atoms with van der Waals surface area (Å²) in [7, 11) is 1.74. The van der Waals surface area contributed by atoms with Gasteiger partial charge in [0.15, 0.2) is 0 Å². The molecule has 3 heteroatoms. The molecule has 1 N–H and O–H groups in total. The van der Waals surface area contributed by atoms with Crippen LogP contribution in [0, 0.1) is 0 Å². The fourth-order valence-corrected chi connectivity index (χ4v) is 2.81. The average Bonchev–Trinajstić information content (AvgIpc) is 3.23. The Hall–Kier alpha value is -1.48. The molecular weight excluding hydrogens is 262 g/mol. The number of benzene rings is 1. The largest absolute Gasteiger partial charge is 0.496 e. The van der Waals surface area contributed by atoms with Crippen LogP contribution < -0.4 is 14.8 Å². The monoisotopic (exact) mass is 287 g/mol. The standard InChI is InChI=1S/C18H25NO2/c1-4-13(11-19-16-5-6-16)8-15-10-18-14(7-12(2)21-18)9-17(15)20-3/h8-10,12,16,19H,4-7,11H2,1-3H3/b13-8-. The average molecular weight is 287 g/mol. The molecule has 3 rings (SSSR count). The van der Waals surface area contributed by atoms with Gasteiger partial charge in [-0.15, -0.1) is 0 Å². The molecule has 1 fully saturated rings. The highest BCUT2D eigenvalue weighted by atomic mass is 16.5. The third-order valence-corrected chi connectivity index (χ3v) is 4.26. The quantitative estimate of drug-likeness (QED) is 0.867. The number of methoxy groups -OCH3 is 1. The second-order valence-corrected chi connectivity index (χ2v) is 6.15. The van der Waals surface area contributed by atoms with Crippen LogP contribution in [0.2, 0.25) is 0 Å². The Morgan fingerprint density at radius 2 is 2.24 bits per heavy atom.